The number of rotatable bonds is 21. The van der Waals surface area contributed by atoms with Gasteiger partial charge in [0.15, 0.2) is 0 Å². The van der Waals surface area contributed by atoms with Gasteiger partial charge in [0.25, 0.3) is 11.8 Å². The van der Waals surface area contributed by atoms with Crippen LogP contribution in [0.1, 0.15) is 79.1 Å². The fourth-order valence-corrected chi connectivity index (χ4v) is 4.59. The number of piperazine rings is 1. The van der Waals surface area contributed by atoms with Crippen molar-refractivity contribution in [1.29, 1.82) is 0 Å². The first-order valence-corrected chi connectivity index (χ1v) is 16.0. The van der Waals surface area contributed by atoms with Crippen LogP contribution >= 0.6 is 0 Å². The second-order valence-corrected chi connectivity index (χ2v) is 11.7. The van der Waals surface area contributed by atoms with E-state index < -0.39 is 59.5 Å². The number of hydroxylamine groups is 6. The molecule has 0 bridgehead atoms. The van der Waals surface area contributed by atoms with E-state index in [9.17, 15) is 49.2 Å². The third-order valence-electron chi connectivity index (χ3n) is 7.38. The van der Waals surface area contributed by atoms with E-state index in [-0.39, 0.29) is 84.2 Å². The summed E-state index contributed by atoms with van der Waals surface area (Å²) in [7, 11) is 0. The highest BCUT2D eigenvalue weighted by Gasteiger charge is 2.33. The number of carbonyl (C=O) groups is 7. The van der Waals surface area contributed by atoms with Crippen LogP contribution in [-0.4, -0.2) is 128 Å². The van der Waals surface area contributed by atoms with Gasteiger partial charge in [-0.15, -0.1) is 0 Å². The largest absolute Gasteiger partial charge is 0.464 e. The molecule has 276 valence electrons. The van der Waals surface area contributed by atoms with Crippen molar-refractivity contribution in [3.8, 4) is 0 Å². The fourth-order valence-electron chi connectivity index (χ4n) is 4.59. The van der Waals surface area contributed by atoms with Crippen molar-refractivity contribution in [2.24, 2.45) is 0 Å². The first kappa shape index (κ1) is 42.6. The number of ether oxygens (including phenoxy) is 1. The number of carbonyl (C=O) groups excluding carboxylic acids is 7. The van der Waals surface area contributed by atoms with Gasteiger partial charge >= 0.3 is 5.97 Å². The molecule has 0 aromatic carbocycles. The predicted octanol–water partition coefficient (Wildman–Crippen LogP) is -0.303. The van der Waals surface area contributed by atoms with Crippen LogP contribution in [0.25, 0.3) is 0 Å². The average Bonchev–Trinajstić information content (AvgIpc) is 3.01. The zero-order chi connectivity index (χ0) is 37.1. The minimum Gasteiger partial charge on any atom is -0.464 e. The van der Waals surface area contributed by atoms with Gasteiger partial charge in [-0.1, -0.05) is 11.1 Å². The highest BCUT2D eigenvalue weighted by Crippen LogP contribution is 2.11. The smallest absolute Gasteiger partial charge is 0.328 e. The maximum Gasteiger partial charge on any atom is 0.328 e. The molecule has 1 aliphatic heterocycles. The Labute approximate surface area is 285 Å². The van der Waals surface area contributed by atoms with Crippen LogP contribution in [0.15, 0.2) is 23.3 Å². The van der Waals surface area contributed by atoms with Crippen molar-refractivity contribution in [2.75, 3.05) is 32.8 Å². The van der Waals surface area contributed by atoms with Gasteiger partial charge in [-0.3, -0.25) is 44.4 Å². The Morgan fingerprint density at radius 2 is 1.24 bits per heavy atom. The van der Waals surface area contributed by atoms with Gasteiger partial charge in [-0.05, 0) is 58.8 Å². The Morgan fingerprint density at radius 1 is 0.776 bits per heavy atom. The Morgan fingerprint density at radius 3 is 1.71 bits per heavy atom. The van der Waals surface area contributed by atoms with Crippen molar-refractivity contribution in [1.82, 2.24) is 31.1 Å². The van der Waals surface area contributed by atoms with Crippen molar-refractivity contribution in [2.45, 2.75) is 97.2 Å². The van der Waals surface area contributed by atoms with Crippen molar-refractivity contribution >= 4 is 41.4 Å². The first-order valence-electron chi connectivity index (χ1n) is 16.0. The van der Waals surface area contributed by atoms with Gasteiger partial charge in [-0.2, -0.15) is 0 Å². The maximum atomic E-state index is 12.6. The summed E-state index contributed by atoms with van der Waals surface area (Å²) in [6.45, 7) is 5.12. The lowest BCUT2D eigenvalue weighted by atomic mass is 10.0. The van der Waals surface area contributed by atoms with E-state index >= 15 is 0 Å². The molecule has 1 rings (SSSR count). The SMILES string of the molecule is CC(=O)N[C@@H](CCCN(O)C(=O)/C=C(\C)CCO)C(=O)OCC/C(C)=C/C(=O)N(O)CCCC1NC(=O)[C@@H](CCCN(O)C(C)=O)NC1=O. The molecule has 1 heterocycles. The van der Waals surface area contributed by atoms with Gasteiger partial charge in [-0.25, -0.2) is 20.0 Å². The van der Waals surface area contributed by atoms with E-state index in [2.05, 4.69) is 16.0 Å². The number of amides is 6. The summed E-state index contributed by atoms with van der Waals surface area (Å²) in [5.74, 6) is -4.04. The molecular weight excluding hydrogens is 648 g/mol. The summed E-state index contributed by atoms with van der Waals surface area (Å²) < 4.78 is 5.24. The molecular formula is C31H50N6O12. The molecule has 1 saturated heterocycles. The molecule has 0 aromatic heterocycles. The number of nitrogens with zero attached hydrogens (tertiary/aromatic N) is 3. The van der Waals surface area contributed by atoms with E-state index in [4.69, 9.17) is 9.84 Å². The highest BCUT2D eigenvalue weighted by atomic mass is 16.5. The molecule has 1 aliphatic rings. The Kier molecular flexibility index (Phi) is 19.4. The number of aliphatic hydroxyl groups is 1. The number of aliphatic hydroxyl groups excluding tert-OH is 1. The standard InChI is InChI=1S/C31H50N6O12/c1-20(11-16-38)18-27(41)37(48)15-7-10-26(32-22(3)39)31(45)49-17-12-21(2)19-28(42)36(47)14-6-9-25-30(44)33-24(29(43)34-25)8-5-13-35(46)23(4)40/h18-19,24-26,38,46-48H,5-17H2,1-4H3,(H,32,39)(H,33,44)(H,34,43)/b20-18+,21-19+/t24-,25?,26+/m1/s1. The van der Waals surface area contributed by atoms with E-state index in [1.54, 1.807) is 13.8 Å². The van der Waals surface area contributed by atoms with Gasteiger partial charge in [0, 0.05) is 58.7 Å². The molecule has 0 aliphatic carbocycles. The van der Waals surface area contributed by atoms with Gasteiger partial charge in [0.05, 0.1) is 6.61 Å². The van der Waals surface area contributed by atoms with Crippen molar-refractivity contribution in [3.63, 3.8) is 0 Å². The highest BCUT2D eigenvalue weighted by molar-refractivity contribution is 5.96. The average molecular weight is 699 g/mol. The zero-order valence-electron chi connectivity index (χ0n) is 28.5. The lowest BCUT2D eigenvalue weighted by molar-refractivity contribution is -0.163. The normalized spacial score (nSPS) is 17.0. The van der Waals surface area contributed by atoms with Crippen molar-refractivity contribution in [3.05, 3.63) is 23.3 Å². The van der Waals surface area contributed by atoms with E-state index in [0.29, 0.717) is 26.3 Å². The summed E-state index contributed by atoms with van der Waals surface area (Å²) in [5, 5.41) is 47.6. The van der Waals surface area contributed by atoms with E-state index in [0.717, 1.165) is 6.08 Å². The van der Waals surface area contributed by atoms with Gasteiger partial charge < -0.3 is 25.8 Å². The number of nitrogens with one attached hydrogen (secondary N) is 3. The van der Waals surface area contributed by atoms with Gasteiger partial charge in [0.1, 0.15) is 18.1 Å². The Balaban J connectivity index is 2.46. The summed E-state index contributed by atoms with van der Waals surface area (Å²) in [6.07, 6.45) is 3.80. The lowest BCUT2D eigenvalue weighted by Crippen LogP contribution is -2.61. The minimum absolute atomic E-state index is 0.0137. The lowest BCUT2D eigenvalue weighted by Gasteiger charge is -2.30. The Bertz CT molecular complexity index is 1240. The molecule has 6 amide bonds. The number of hydrogen-bond acceptors (Lipinski definition) is 12. The third-order valence-corrected chi connectivity index (χ3v) is 7.38. The maximum absolute atomic E-state index is 12.6. The van der Waals surface area contributed by atoms with Crippen LogP contribution in [-0.2, 0) is 38.3 Å². The predicted molar refractivity (Wildman–Crippen MR) is 170 cm³/mol. The second-order valence-electron chi connectivity index (χ2n) is 11.7. The zero-order valence-corrected chi connectivity index (χ0v) is 28.5. The molecule has 18 heteroatoms. The first-order chi connectivity index (χ1) is 23.0. The molecule has 0 aromatic rings. The summed E-state index contributed by atoms with van der Waals surface area (Å²) in [6, 6.07) is -2.71. The molecule has 1 unspecified atom stereocenters. The quantitative estimate of drug-likeness (QED) is 0.0353. The second kappa shape index (κ2) is 22.3. The van der Waals surface area contributed by atoms with Crippen LogP contribution in [0.2, 0.25) is 0 Å². The van der Waals surface area contributed by atoms with Crippen LogP contribution in [0.5, 0.6) is 0 Å². The van der Waals surface area contributed by atoms with Crippen molar-refractivity contribution < 1.29 is 59.0 Å². The monoisotopic (exact) mass is 698 g/mol. The van der Waals surface area contributed by atoms with E-state index in [1.165, 1.54) is 19.9 Å². The summed E-state index contributed by atoms with van der Waals surface area (Å²) >= 11 is 0. The molecule has 1 fully saturated rings. The molecule has 7 N–H and O–H groups in total. The topological polar surface area (TPSA) is 255 Å². The summed E-state index contributed by atoms with van der Waals surface area (Å²) in [5.41, 5.74) is 1.06. The van der Waals surface area contributed by atoms with Crippen LogP contribution in [0.3, 0.4) is 0 Å². The molecule has 0 radical (unpaired) electrons. The number of hydrogen-bond donors (Lipinski definition) is 7. The fraction of sp³-hybridized carbons (Fsp3) is 0.645. The number of esters is 1. The molecule has 18 nitrogen and oxygen atoms in total. The Hall–Kier alpha value is -4.39. The third kappa shape index (κ3) is 17.0. The molecule has 0 saturated carbocycles. The van der Waals surface area contributed by atoms with Crippen LogP contribution in [0.4, 0.5) is 0 Å². The minimum atomic E-state index is -1.04. The molecule has 3 atom stereocenters. The molecule has 0 spiro atoms. The van der Waals surface area contributed by atoms with Crippen LogP contribution in [0, 0.1) is 0 Å². The summed E-state index contributed by atoms with van der Waals surface area (Å²) in [4.78, 5) is 84.5. The van der Waals surface area contributed by atoms with E-state index in [1.807, 2.05) is 0 Å². The van der Waals surface area contributed by atoms with Gasteiger partial charge in [0.2, 0.25) is 23.6 Å². The molecule has 49 heavy (non-hydrogen) atoms. The van der Waals surface area contributed by atoms with Crippen LogP contribution < -0.4 is 16.0 Å².